The zero-order valence-corrected chi connectivity index (χ0v) is 17.9. The van der Waals surface area contributed by atoms with Crippen LogP contribution in [0.15, 0.2) is 17.5 Å². The first-order valence-corrected chi connectivity index (χ1v) is 10.8. The molecule has 10 nitrogen and oxygen atoms in total. The molecule has 5 heterocycles. The molecule has 4 atom stereocenters. The van der Waals surface area contributed by atoms with E-state index in [-0.39, 0.29) is 49.3 Å². The average Bonchev–Trinajstić information content (AvgIpc) is 3.52. The summed E-state index contributed by atoms with van der Waals surface area (Å²) in [6, 6.07) is 3.67. The summed E-state index contributed by atoms with van der Waals surface area (Å²) in [5.74, 6) is 0.0841. The molecule has 3 aromatic heterocycles. The first-order valence-electron chi connectivity index (χ1n) is 9.58. The predicted molar refractivity (Wildman–Crippen MR) is 111 cm³/mol. The fourth-order valence-electron chi connectivity index (χ4n) is 3.57. The summed E-state index contributed by atoms with van der Waals surface area (Å²) < 4.78 is 22.7. The topological polar surface area (TPSA) is 128 Å². The van der Waals surface area contributed by atoms with Gasteiger partial charge in [0.15, 0.2) is 11.8 Å². The molecule has 0 saturated carbocycles. The lowest BCUT2D eigenvalue weighted by Gasteiger charge is -2.15. The first-order chi connectivity index (χ1) is 15.0. The van der Waals surface area contributed by atoms with E-state index >= 15 is 0 Å². The molecule has 3 N–H and O–H groups in total. The van der Waals surface area contributed by atoms with E-state index in [0.29, 0.717) is 27.7 Å². The molecule has 0 aliphatic carbocycles. The number of amides is 1. The highest BCUT2D eigenvalue weighted by molar-refractivity contribution is 7.12. The molecule has 1 amide bonds. The molecule has 5 rings (SSSR count). The van der Waals surface area contributed by atoms with E-state index in [1.807, 2.05) is 5.38 Å². The van der Waals surface area contributed by atoms with Gasteiger partial charge in [-0.3, -0.25) is 4.79 Å². The van der Waals surface area contributed by atoms with E-state index in [1.54, 1.807) is 19.2 Å². The third kappa shape index (κ3) is 3.94. The fourth-order valence-corrected chi connectivity index (χ4v) is 4.62. The molecule has 2 fully saturated rings. The maximum atomic E-state index is 11.7. The van der Waals surface area contributed by atoms with Gasteiger partial charge in [-0.1, -0.05) is 11.6 Å². The molecule has 0 radical (unpaired) electrons. The Labute approximate surface area is 185 Å². The Kier molecular flexibility index (Phi) is 5.44. The number of nitrogens with zero attached hydrogens (tertiary/aromatic N) is 2. The van der Waals surface area contributed by atoms with Gasteiger partial charge < -0.3 is 34.4 Å². The van der Waals surface area contributed by atoms with Gasteiger partial charge in [0, 0.05) is 12.6 Å². The largest absolute Gasteiger partial charge is 0.472 e. The van der Waals surface area contributed by atoms with Gasteiger partial charge in [0.05, 0.1) is 23.6 Å². The van der Waals surface area contributed by atoms with Crippen molar-refractivity contribution in [1.29, 1.82) is 0 Å². The predicted octanol–water partition coefficient (Wildman–Crippen LogP) is 1.52. The second kappa shape index (κ2) is 8.24. The van der Waals surface area contributed by atoms with Crippen molar-refractivity contribution in [3.63, 3.8) is 0 Å². The molecule has 0 aromatic carbocycles. The fraction of sp³-hybridized carbons (Fsp3) is 0.421. The summed E-state index contributed by atoms with van der Waals surface area (Å²) in [5.41, 5.74) is 1.81. The molecule has 164 valence electrons. The third-order valence-corrected chi connectivity index (χ3v) is 6.35. The minimum absolute atomic E-state index is 0.144. The van der Waals surface area contributed by atoms with Crippen molar-refractivity contribution in [3.8, 4) is 11.9 Å². The van der Waals surface area contributed by atoms with Gasteiger partial charge in [-0.25, -0.2) is 0 Å². The number of aliphatic hydroxyl groups excluding tert-OH is 1. The van der Waals surface area contributed by atoms with Crippen molar-refractivity contribution in [2.45, 2.75) is 31.0 Å². The lowest BCUT2D eigenvalue weighted by molar-refractivity contribution is 0.00706. The molecule has 2 aliphatic heterocycles. The van der Waals surface area contributed by atoms with Crippen LogP contribution < -0.4 is 14.8 Å². The summed E-state index contributed by atoms with van der Waals surface area (Å²) in [7, 11) is 1.58. The van der Waals surface area contributed by atoms with Crippen LogP contribution in [0.4, 0.5) is 0 Å². The van der Waals surface area contributed by atoms with Gasteiger partial charge in [-0.05, 0) is 17.5 Å². The van der Waals surface area contributed by atoms with Crippen molar-refractivity contribution in [2.75, 3.05) is 20.3 Å². The van der Waals surface area contributed by atoms with Crippen molar-refractivity contribution in [3.05, 3.63) is 33.0 Å². The maximum absolute atomic E-state index is 11.7. The summed E-state index contributed by atoms with van der Waals surface area (Å²) in [6.45, 7) is 0.730. The highest BCUT2D eigenvalue weighted by atomic mass is 35.5. The van der Waals surface area contributed by atoms with Crippen LogP contribution in [0.5, 0.6) is 11.9 Å². The molecular weight excluding hydrogens is 448 g/mol. The Morgan fingerprint density at radius 2 is 2.19 bits per heavy atom. The van der Waals surface area contributed by atoms with E-state index in [2.05, 4.69) is 20.3 Å². The van der Waals surface area contributed by atoms with Crippen LogP contribution in [0.25, 0.3) is 11.2 Å². The number of H-pyrrole nitrogens is 1. The van der Waals surface area contributed by atoms with Gasteiger partial charge in [0.2, 0.25) is 5.88 Å². The van der Waals surface area contributed by atoms with Gasteiger partial charge in [-0.15, -0.1) is 11.3 Å². The second-order valence-corrected chi connectivity index (χ2v) is 8.51. The normalized spacial score (nSPS) is 25.0. The summed E-state index contributed by atoms with van der Waals surface area (Å²) in [6.07, 6.45) is -1.76. The zero-order valence-electron chi connectivity index (χ0n) is 16.3. The van der Waals surface area contributed by atoms with E-state index in [1.165, 1.54) is 11.3 Å². The number of aromatic nitrogens is 3. The van der Waals surface area contributed by atoms with Crippen LogP contribution in [0.2, 0.25) is 5.02 Å². The number of halogens is 1. The Morgan fingerprint density at radius 3 is 3.03 bits per heavy atom. The average molecular weight is 467 g/mol. The van der Waals surface area contributed by atoms with Crippen molar-refractivity contribution in [2.24, 2.45) is 0 Å². The number of fused-ring (bicyclic) bond motifs is 2. The number of pyridine rings is 1. The Morgan fingerprint density at radius 1 is 1.35 bits per heavy atom. The molecule has 2 saturated heterocycles. The van der Waals surface area contributed by atoms with Gasteiger partial charge in [0.25, 0.3) is 11.9 Å². The Balaban J connectivity index is 1.28. The van der Waals surface area contributed by atoms with Gasteiger partial charge in [0.1, 0.15) is 29.9 Å². The zero-order chi connectivity index (χ0) is 21.5. The monoisotopic (exact) mass is 466 g/mol. The number of hydrogen-bond donors (Lipinski definition) is 3. The molecule has 31 heavy (non-hydrogen) atoms. The number of imidazole rings is 1. The summed E-state index contributed by atoms with van der Waals surface area (Å²) >= 11 is 7.64. The SMILES string of the molecule is CNC(=O)c1cc(COc2nc3nc(O[C@@H]4CO[C@H]5C4OC[C@H]5O)[nH]c3cc2Cl)cs1. The molecule has 0 bridgehead atoms. The number of rotatable bonds is 6. The first kappa shape index (κ1) is 20.5. The Hall–Kier alpha value is -2.44. The lowest BCUT2D eigenvalue weighted by atomic mass is 10.1. The number of carbonyl (C=O) groups is 1. The van der Waals surface area contributed by atoms with Gasteiger partial charge >= 0.3 is 0 Å². The highest BCUT2D eigenvalue weighted by Crippen LogP contribution is 2.31. The van der Waals surface area contributed by atoms with Crippen molar-refractivity contribution in [1.82, 2.24) is 20.3 Å². The molecule has 1 unspecified atom stereocenters. The number of hydrogen-bond acceptors (Lipinski definition) is 9. The smallest absolute Gasteiger partial charge is 0.296 e. The minimum atomic E-state index is -0.648. The number of carbonyl (C=O) groups excluding carboxylic acids is 1. The molecule has 0 spiro atoms. The van der Waals surface area contributed by atoms with E-state index in [9.17, 15) is 9.90 Å². The summed E-state index contributed by atoms with van der Waals surface area (Å²) in [5, 5.41) is 14.6. The maximum Gasteiger partial charge on any atom is 0.296 e. The standard InChI is InChI=1S/C19H19ClN4O6S/c1-21-17(26)13-2-8(7-31-13)4-29-18-9(20)3-10-16(23-18)24-19(22-10)30-12-6-28-14-11(25)5-27-15(12)14/h2-3,7,11-12,14-15,25H,4-6H2,1H3,(H,21,26)(H,22,23,24)/t11-,12-,14-,15?/m1/s1. The van der Waals surface area contributed by atoms with Crippen molar-refractivity contribution < 1.29 is 28.8 Å². The molecule has 12 heteroatoms. The minimum Gasteiger partial charge on any atom is -0.472 e. The number of ether oxygens (including phenoxy) is 4. The van der Waals surface area contributed by atoms with Crippen LogP contribution in [-0.4, -0.2) is 70.6 Å². The number of nitrogens with one attached hydrogen (secondary N) is 2. The number of aliphatic hydroxyl groups is 1. The molecular formula is C19H19ClN4O6S. The van der Waals surface area contributed by atoms with E-state index in [0.717, 1.165) is 5.56 Å². The van der Waals surface area contributed by atoms with E-state index < -0.39 is 6.10 Å². The second-order valence-electron chi connectivity index (χ2n) is 7.20. The van der Waals surface area contributed by atoms with Crippen LogP contribution in [0.1, 0.15) is 15.2 Å². The third-order valence-electron chi connectivity index (χ3n) is 5.10. The quantitative estimate of drug-likeness (QED) is 0.499. The highest BCUT2D eigenvalue weighted by Gasteiger charge is 2.48. The number of thiophene rings is 1. The summed E-state index contributed by atoms with van der Waals surface area (Å²) in [4.78, 5) is 24.0. The number of aromatic amines is 1. The molecule has 3 aromatic rings. The van der Waals surface area contributed by atoms with E-state index in [4.69, 9.17) is 30.5 Å². The van der Waals surface area contributed by atoms with Crippen LogP contribution in [0.3, 0.4) is 0 Å². The van der Waals surface area contributed by atoms with Crippen molar-refractivity contribution >= 4 is 40.0 Å². The molecule has 2 aliphatic rings. The lowest BCUT2D eigenvalue weighted by Crippen LogP contribution is -2.34. The Bertz CT molecular complexity index is 1120. The van der Waals surface area contributed by atoms with Crippen LogP contribution >= 0.6 is 22.9 Å². The van der Waals surface area contributed by atoms with Crippen LogP contribution in [0, 0.1) is 0 Å². The van der Waals surface area contributed by atoms with Gasteiger partial charge in [-0.2, -0.15) is 9.97 Å². The van der Waals surface area contributed by atoms with Crippen LogP contribution in [-0.2, 0) is 16.1 Å².